The second kappa shape index (κ2) is 22.9. The molecule has 7 rings (SSSR count). The molecule has 4 aromatic rings. The molecule has 10 nitrogen and oxygen atoms in total. The molecule has 0 bridgehead atoms. The molecule has 0 saturated heterocycles. The van der Waals surface area contributed by atoms with Crippen LogP contribution in [0.3, 0.4) is 0 Å². The van der Waals surface area contributed by atoms with Gasteiger partial charge in [0, 0.05) is 43.2 Å². The molecule has 1 amide bonds. The lowest BCUT2D eigenvalue weighted by atomic mass is 9.55. The smallest absolute Gasteiger partial charge is 0.410 e. The number of allylic oxidation sites excluding steroid dienone is 1. The summed E-state index contributed by atoms with van der Waals surface area (Å²) in [5.74, 6) is -2.25. The summed E-state index contributed by atoms with van der Waals surface area (Å²) in [7, 11) is 0. The quantitative estimate of drug-likeness (QED) is 0.0429. The first-order chi connectivity index (χ1) is 31.8. The normalized spacial score (nSPS) is 22.4. The van der Waals surface area contributed by atoms with Crippen LogP contribution in [0.1, 0.15) is 79.5 Å². The first-order valence-electron chi connectivity index (χ1n) is 22.7. The van der Waals surface area contributed by atoms with Crippen molar-refractivity contribution in [1.82, 2.24) is 4.90 Å². The SMILES string of the molecule is C=CCCOC(=O)N(Cc1ccc(F)cc1)C1CC(=NOCc2ccccc2)C2=CC(CCCCO)C(CCCCO)C3c4cc(OCc5ccccc5F)ccc4OC1(OCC=C)C23. The van der Waals surface area contributed by atoms with Crippen LogP contribution in [0.4, 0.5) is 13.6 Å². The average molecular weight is 891 g/mol. The molecule has 65 heavy (non-hydrogen) atoms. The highest BCUT2D eigenvalue weighted by atomic mass is 19.1. The molecule has 2 aliphatic carbocycles. The van der Waals surface area contributed by atoms with Crippen LogP contribution in [0.5, 0.6) is 11.5 Å². The highest BCUT2D eigenvalue weighted by molar-refractivity contribution is 6.03. The minimum Gasteiger partial charge on any atom is -0.489 e. The lowest BCUT2D eigenvalue weighted by Gasteiger charge is -2.59. The van der Waals surface area contributed by atoms with Crippen molar-refractivity contribution in [2.45, 2.75) is 88.9 Å². The number of hydrogen-bond acceptors (Lipinski definition) is 9. The van der Waals surface area contributed by atoms with Crippen LogP contribution < -0.4 is 9.47 Å². The van der Waals surface area contributed by atoms with Gasteiger partial charge in [-0.1, -0.05) is 96.9 Å². The third-order valence-electron chi connectivity index (χ3n) is 12.7. The summed E-state index contributed by atoms with van der Waals surface area (Å²) >= 11 is 0. The van der Waals surface area contributed by atoms with Crippen molar-refractivity contribution in [2.24, 2.45) is 22.9 Å². The Kier molecular flexibility index (Phi) is 16.6. The standard InChI is InChI=1S/C53H60F2N2O8/c1-3-5-30-61-52(60)57(34-37-21-23-41(54)24-22-37)49-33-47(56-64-35-38-15-7-6-8-16-38)44-31-39(17-11-13-27-58)43(19-12-14-28-59)50-45-32-42(62-36-40-18-9-10-20-46(40)55)25-26-48(45)65-53(49,51(44)50)63-29-4-2/h3-4,6-10,15-16,18,20-26,31-32,39,43,49-51,58-59H,1-2,5,11-14,17,19,27-30,33-36H2. The van der Waals surface area contributed by atoms with Gasteiger partial charge in [-0.3, -0.25) is 4.90 Å². The van der Waals surface area contributed by atoms with Crippen molar-refractivity contribution >= 4 is 11.8 Å². The van der Waals surface area contributed by atoms with Gasteiger partial charge in [-0.15, -0.1) is 13.2 Å². The number of hydrogen-bond donors (Lipinski definition) is 2. The molecule has 3 aliphatic rings. The maximum absolute atomic E-state index is 14.8. The number of fused-ring (bicyclic) bond motifs is 2. The molecular formula is C53H60F2N2O8. The van der Waals surface area contributed by atoms with E-state index in [0.29, 0.717) is 47.6 Å². The molecule has 0 radical (unpaired) electrons. The third kappa shape index (κ3) is 11.2. The molecule has 344 valence electrons. The predicted octanol–water partition coefficient (Wildman–Crippen LogP) is 10.6. The van der Waals surface area contributed by atoms with Crippen LogP contribution in [-0.2, 0) is 34.1 Å². The molecule has 6 atom stereocenters. The maximum Gasteiger partial charge on any atom is 0.410 e. The van der Waals surface area contributed by atoms with Crippen molar-refractivity contribution in [3.05, 3.63) is 168 Å². The van der Waals surface area contributed by atoms with Crippen molar-refractivity contribution in [3.8, 4) is 11.5 Å². The van der Waals surface area contributed by atoms with Crippen LogP contribution in [0, 0.1) is 29.4 Å². The van der Waals surface area contributed by atoms with E-state index in [1.54, 1.807) is 53.5 Å². The van der Waals surface area contributed by atoms with Gasteiger partial charge >= 0.3 is 6.09 Å². The Morgan fingerprint density at radius 3 is 2.37 bits per heavy atom. The summed E-state index contributed by atoms with van der Waals surface area (Å²) in [5, 5.41) is 24.8. The van der Waals surface area contributed by atoms with Gasteiger partial charge in [0.05, 0.1) is 24.8 Å². The first-order valence-corrected chi connectivity index (χ1v) is 22.7. The van der Waals surface area contributed by atoms with E-state index in [2.05, 4.69) is 19.2 Å². The summed E-state index contributed by atoms with van der Waals surface area (Å²) in [6.45, 7) is 8.30. The van der Waals surface area contributed by atoms with E-state index >= 15 is 0 Å². The van der Waals surface area contributed by atoms with Crippen LogP contribution in [0.25, 0.3) is 0 Å². The van der Waals surface area contributed by atoms with E-state index in [1.807, 2.05) is 42.5 Å². The fourth-order valence-corrected chi connectivity index (χ4v) is 9.67. The summed E-state index contributed by atoms with van der Waals surface area (Å²) in [5.41, 5.74) is 4.33. The molecule has 0 aromatic heterocycles. The number of amides is 1. The molecule has 1 fully saturated rings. The second-order valence-corrected chi connectivity index (χ2v) is 16.9. The van der Waals surface area contributed by atoms with Crippen LogP contribution in [0.15, 0.2) is 139 Å². The number of carbonyl (C=O) groups excluding carboxylic acids is 1. The molecule has 4 aromatic carbocycles. The van der Waals surface area contributed by atoms with Gasteiger partial charge in [-0.05, 0) is 97.0 Å². The van der Waals surface area contributed by atoms with Gasteiger partial charge < -0.3 is 34.0 Å². The molecular weight excluding hydrogens is 831 g/mol. The third-order valence-corrected chi connectivity index (χ3v) is 12.7. The summed E-state index contributed by atoms with van der Waals surface area (Å²) in [6.07, 6.45) is 9.78. The van der Waals surface area contributed by atoms with Crippen LogP contribution in [0.2, 0.25) is 0 Å². The number of unbranched alkanes of at least 4 members (excludes halogenated alkanes) is 2. The van der Waals surface area contributed by atoms with Gasteiger partial charge in [0.15, 0.2) is 0 Å². The molecule has 1 aliphatic heterocycles. The van der Waals surface area contributed by atoms with E-state index in [4.69, 9.17) is 28.9 Å². The van der Waals surface area contributed by atoms with Crippen molar-refractivity contribution < 1.29 is 47.6 Å². The number of aliphatic hydroxyl groups excluding tert-OH is 2. The Morgan fingerprint density at radius 2 is 1.63 bits per heavy atom. The number of rotatable bonds is 23. The van der Waals surface area contributed by atoms with Crippen molar-refractivity contribution in [2.75, 3.05) is 26.4 Å². The fourth-order valence-electron chi connectivity index (χ4n) is 9.67. The summed E-state index contributed by atoms with van der Waals surface area (Å²) < 4.78 is 55.8. The monoisotopic (exact) mass is 890 g/mol. The van der Waals surface area contributed by atoms with Crippen molar-refractivity contribution in [3.63, 3.8) is 0 Å². The second-order valence-electron chi connectivity index (χ2n) is 16.9. The number of carbonyl (C=O) groups is 1. The van der Waals surface area contributed by atoms with Gasteiger partial charge in [0.1, 0.15) is 42.4 Å². The lowest BCUT2D eigenvalue weighted by Crippen LogP contribution is -2.70. The van der Waals surface area contributed by atoms with E-state index in [-0.39, 0.29) is 76.2 Å². The number of halogens is 2. The zero-order chi connectivity index (χ0) is 45.6. The van der Waals surface area contributed by atoms with E-state index in [0.717, 1.165) is 42.4 Å². The summed E-state index contributed by atoms with van der Waals surface area (Å²) in [4.78, 5) is 22.5. The minimum absolute atomic E-state index is 0.00223. The molecule has 12 heteroatoms. The Bertz CT molecular complexity index is 2270. The molecule has 1 heterocycles. The summed E-state index contributed by atoms with van der Waals surface area (Å²) in [6, 6.07) is 27.0. The first kappa shape index (κ1) is 47.2. The number of benzene rings is 4. The zero-order valence-electron chi connectivity index (χ0n) is 36.9. The molecule has 0 spiro atoms. The van der Waals surface area contributed by atoms with Gasteiger partial charge in [0.25, 0.3) is 0 Å². The fraction of sp³-hybridized carbons (Fsp3) is 0.396. The van der Waals surface area contributed by atoms with E-state index < -0.39 is 29.7 Å². The average Bonchev–Trinajstić information content (AvgIpc) is 3.32. The molecule has 1 saturated carbocycles. The number of nitrogens with zero attached hydrogens (tertiary/aromatic N) is 2. The lowest BCUT2D eigenvalue weighted by molar-refractivity contribution is -0.256. The Labute approximate surface area is 380 Å². The minimum atomic E-state index is -1.56. The van der Waals surface area contributed by atoms with Gasteiger partial charge in [-0.25, -0.2) is 13.6 Å². The van der Waals surface area contributed by atoms with E-state index in [9.17, 15) is 23.8 Å². The van der Waals surface area contributed by atoms with Gasteiger partial charge in [-0.2, -0.15) is 0 Å². The zero-order valence-corrected chi connectivity index (χ0v) is 36.9. The highest BCUT2D eigenvalue weighted by Crippen LogP contribution is 2.62. The number of aliphatic hydroxyl groups is 2. The van der Waals surface area contributed by atoms with E-state index in [1.165, 1.54) is 18.2 Å². The maximum atomic E-state index is 14.8. The topological polar surface area (TPSA) is 119 Å². The highest BCUT2D eigenvalue weighted by Gasteiger charge is 2.65. The van der Waals surface area contributed by atoms with Crippen LogP contribution >= 0.6 is 0 Å². The number of ether oxygens (including phenoxy) is 4. The Hall–Kier alpha value is -5.82. The predicted molar refractivity (Wildman–Crippen MR) is 245 cm³/mol. The Balaban J connectivity index is 1.44. The largest absolute Gasteiger partial charge is 0.489 e. The van der Waals surface area contributed by atoms with Crippen molar-refractivity contribution in [1.29, 1.82) is 0 Å². The number of oxime groups is 1. The molecule has 6 unspecified atom stereocenters. The molecule has 2 N–H and O–H groups in total. The van der Waals surface area contributed by atoms with Gasteiger partial charge in [0.2, 0.25) is 5.79 Å². The van der Waals surface area contributed by atoms with Crippen LogP contribution in [-0.4, -0.2) is 65.2 Å². The Morgan fingerprint density at radius 1 is 0.877 bits per heavy atom.